The smallest absolute Gasteiger partial charge is 0.320 e. The van der Waals surface area contributed by atoms with Crippen LogP contribution in [0.15, 0.2) is 11.7 Å². The van der Waals surface area contributed by atoms with Crippen LogP contribution >= 0.6 is 0 Å². The van der Waals surface area contributed by atoms with Gasteiger partial charge in [0.1, 0.15) is 0 Å². The molecule has 0 unspecified atom stereocenters. The van der Waals surface area contributed by atoms with Crippen LogP contribution in [0.4, 0.5) is 0 Å². The molecule has 0 heterocycles. The maximum Gasteiger partial charge on any atom is 0.320 e. The third-order valence-corrected chi connectivity index (χ3v) is 3.08. The van der Waals surface area contributed by atoms with Crippen molar-refractivity contribution in [2.75, 3.05) is 27.6 Å². The molecule has 0 atom stereocenters. The molecule has 0 amide bonds. The molecule has 0 aromatic carbocycles. The molecule has 4 heteroatoms. The van der Waals surface area contributed by atoms with Crippen molar-refractivity contribution < 1.29 is 18.9 Å². The minimum atomic E-state index is 0.218. The molecule has 0 aliphatic carbocycles. The molecule has 0 saturated carbocycles. The van der Waals surface area contributed by atoms with Crippen molar-refractivity contribution in [1.29, 1.82) is 0 Å². The predicted molar refractivity (Wildman–Crippen MR) is 81.2 cm³/mol. The molecular formula is C16H32O4. The van der Waals surface area contributed by atoms with Crippen LogP contribution in [-0.2, 0) is 18.9 Å². The molecule has 0 radical (unpaired) electrons. The summed E-state index contributed by atoms with van der Waals surface area (Å²) < 4.78 is 21.5. The van der Waals surface area contributed by atoms with Gasteiger partial charge in [-0.3, -0.25) is 0 Å². The first-order valence-electron chi connectivity index (χ1n) is 7.81. The fourth-order valence-electron chi connectivity index (χ4n) is 1.86. The third-order valence-electron chi connectivity index (χ3n) is 3.08. The van der Waals surface area contributed by atoms with Crippen LogP contribution in [0, 0.1) is 0 Å². The summed E-state index contributed by atoms with van der Waals surface area (Å²) in [5.41, 5.74) is 0. The Morgan fingerprint density at radius 1 is 0.800 bits per heavy atom. The predicted octanol–water partition coefficient (Wildman–Crippen LogP) is 4.60. The Bertz CT molecular complexity index is 239. The van der Waals surface area contributed by atoms with Crippen molar-refractivity contribution in [3.8, 4) is 0 Å². The van der Waals surface area contributed by atoms with Gasteiger partial charge in [-0.25, -0.2) is 0 Å². The van der Waals surface area contributed by atoms with Crippen molar-refractivity contribution in [3.05, 3.63) is 11.7 Å². The number of unbranched alkanes of at least 4 members (excludes halogenated alkanes) is 5. The maximum atomic E-state index is 5.49. The quantitative estimate of drug-likeness (QED) is 0.266. The average Bonchev–Trinajstić information content (AvgIpc) is 2.47. The van der Waals surface area contributed by atoms with Gasteiger partial charge in [-0.1, -0.05) is 46.0 Å². The maximum absolute atomic E-state index is 5.49. The standard InChI is InChI=1S/C16H32O4/c1-5-7-9-11-13-19-14-20-16(18-4)15(17-3)12-10-8-6-2/h5-14H2,1-4H3. The van der Waals surface area contributed by atoms with E-state index >= 15 is 0 Å². The molecule has 4 nitrogen and oxygen atoms in total. The van der Waals surface area contributed by atoms with Crippen LogP contribution in [-0.4, -0.2) is 27.6 Å². The van der Waals surface area contributed by atoms with Crippen molar-refractivity contribution in [2.24, 2.45) is 0 Å². The molecule has 0 aliphatic rings. The van der Waals surface area contributed by atoms with Gasteiger partial charge in [0.15, 0.2) is 12.6 Å². The molecule has 0 saturated heterocycles. The molecular weight excluding hydrogens is 256 g/mol. The molecule has 0 spiro atoms. The van der Waals surface area contributed by atoms with Gasteiger partial charge in [0.25, 0.3) is 0 Å². The molecule has 0 aromatic heterocycles. The lowest BCUT2D eigenvalue weighted by molar-refractivity contribution is -0.0747. The van der Waals surface area contributed by atoms with E-state index in [1.807, 2.05) is 0 Å². The normalized spacial score (nSPS) is 12.0. The molecule has 0 N–H and O–H groups in total. The van der Waals surface area contributed by atoms with Gasteiger partial charge in [0, 0.05) is 6.42 Å². The number of hydrogen-bond acceptors (Lipinski definition) is 4. The highest BCUT2D eigenvalue weighted by atomic mass is 16.7. The first kappa shape index (κ1) is 19.1. The topological polar surface area (TPSA) is 36.9 Å². The van der Waals surface area contributed by atoms with Crippen LogP contribution in [0.2, 0.25) is 0 Å². The molecule has 0 aromatic rings. The number of hydrogen-bond donors (Lipinski definition) is 0. The Hall–Kier alpha value is -0.900. The molecule has 0 fully saturated rings. The van der Waals surface area contributed by atoms with Crippen LogP contribution in [0.25, 0.3) is 0 Å². The summed E-state index contributed by atoms with van der Waals surface area (Å²) in [4.78, 5) is 0. The Morgan fingerprint density at radius 3 is 2.10 bits per heavy atom. The summed E-state index contributed by atoms with van der Waals surface area (Å²) in [5.74, 6) is 1.20. The van der Waals surface area contributed by atoms with E-state index in [-0.39, 0.29) is 6.79 Å². The summed E-state index contributed by atoms with van der Waals surface area (Å²) in [6.07, 6.45) is 9.07. The highest BCUT2D eigenvalue weighted by Crippen LogP contribution is 2.16. The van der Waals surface area contributed by atoms with Gasteiger partial charge in [-0.15, -0.1) is 0 Å². The van der Waals surface area contributed by atoms with E-state index in [2.05, 4.69) is 13.8 Å². The van der Waals surface area contributed by atoms with Crippen molar-refractivity contribution in [3.63, 3.8) is 0 Å². The summed E-state index contributed by atoms with van der Waals surface area (Å²) >= 11 is 0. The van der Waals surface area contributed by atoms with Crippen molar-refractivity contribution in [2.45, 2.75) is 65.2 Å². The Labute approximate surface area is 124 Å². The second-order valence-electron chi connectivity index (χ2n) is 4.81. The zero-order chi connectivity index (χ0) is 15.1. The van der Waals surface area contributed by atoms with Crippen LogP contribution < -0.4 is 0 Å². The first-order valence-corrected chi connectivity index (χ1v) is 7.81. The lowest BCUT2D eigenvalue weighted by atomic mass is 10.2. The van der Waals surface area contributed by atoms with Crippen LogP contribution in [0.5, 0.6) is 0 Å². The molecule has 0 bridgehead atoms. The second-order valence-corrected chi connectivity index (χ2v) is 4.81. The van der Waals surface area contributed by atoms with Crippen molar-refractivity contribution >= 4 is 0 Å². The first-order chi connectivity index (χ1) is 9.79. The van der Waals surface area contributed by atoms with Crippen molar-refractivity contribution in [1.82, 2.24) is 0 Å². The average molecular weight is 288 g/mol. The minimum Gasteiger partial charge on any atom is -0.494 e. The summed E-state index contributed by atoms with van der Waals surface area (Å²) in [6.45, 7) is 5.33. The summed E-state index contributed by atoms with van der Waals surface area (Å²) in [6, 6.07) is 0. The zero-order valence-corrected chi connectivity index (χ0v) is 13.7. The van der Waals surface area contributed by atoms with Gasteiger partial charge in [0.2, 0.25) is 0 Å². The van der Waals surface area contributed by atoms with Gasteiger partial charge < -0.3 is 18.9 Å². The van der Waals surface area contributed by atoms with E-state index in [1.54, 1.807) is 14.2 Å². The number of methoxy groups -OCH3 is 2. The second kappa shape index (κ2) is 14.5. The fourth-order valence-corrected chi connectivity index (χ4v) is 1.86. The monoisotopic (exact) mass is 288 g/mol. The molecule has 120 valence electrons. The van der Waals surface area contributed by atoms with E-state index in [0.29, 0.717) is 5.95 Å². The van der Waals surface area contributed by atoms with Gasteiger partial charge >= 0.3 is 5.95 Å². The third kappa shape index (κ3) is 9.96. The summed E-state index contributed by atoms with van der Waals surface area (Å²) in [5, 5.41) is 0. The molecule has 20 heavy (non-hydrogen) atoms. The SMILES string of the molecule is CCCCCCOCOC(OC)=C(CCCCC)OC. The Morgan fingerprint density at radius 2 is 1.50 bits per heavy atom. The molecule has 0 rings (SSSR count). The van der Waals surface area contributed by atoms with E-state index in [1.165, 1.54) is 32.1 Å². The van der Waals surface area contributed by atoms with Gasteiger partial charge in [0.05, 0.1) is 20.8 Å². The highest BCUT2D eigenvalue weighted by molar-refractivity contribution is 4.94. The number of allylic oxidation sites excluding steroid dienone is 1. The van der Waals surface area contributed by atoms with Crippen LogP contribution in [0.1, 0.15) is 65.2 Å². The Balaban J connectivity index is 3.90. The Kier molecular flexibility index (Phi) is 13.9. The number of ether oxygens (including phenoxy) is 4. The van der Waals surface area contributed by atoms with Gasteiger partial charge in [-0.05, 0) is 12.8 Å². The van der Waals surface area contributed by atoms with E-state index in [4.69, 9.17) is 18.9 Å². The van der Waals surface area contributed by atoms with E-state index < -0.39 is 0 Å². The van der Waals surface area contributed by atoms with Gasteiger partial charge in [-0.2, -0.15) is 0 Å². The van der Waals surface area contributed by atoms with E-state index in [9.17, 15) is 0 Å². The fraction of sp³-hybridized carbons (Fsp3) is 0.875. The van der Waals surface area contributed by atoms with E-state index in [0.717, 1.165) is 31.6 Å². The number of rotatable bonds is 14. The largest absolute Gasteiger partial charge is 0.494 e. The lowest BCUT2D eigenvalue weighted by Gasteiger charge is -2.14. The molecule has 0 aliphatic heterocycles. The lowest BCUT2D eigenvalue weighted by Crippen LogP contribution is -2.06. The highest BCUT2D eigenvalue weighted by Gasteiger charge is 2.09. The minimum absolute atomic E-state index is 0.218. The van der Waals surface area contributed by atoms with Crippen LogP contribution in [0.3, 0.4) is 0 Å². The summed E-state index contributed by atoms with van der Waals surface area (Å²) in [7, 11) is 3.24. The zero-order valence-electron chi connectivity index (χ0n) is 13.7.